The molecule has 0 amide bonds. The van der Waals surface area contributed by atoms with Crippen molar-refractivity contribution in [3.63, 3.8) is 0 Å². The fourth-order valence-electron chi connectivity index (χ4n) is 5.26. The molecule has 0 aromatic carbocycles. The van der Waals surface area contributed by atoms with Crippen LogP contribution in [0.2, 0.25) is 0 Å². The molecular weight excluding hydrogens is 456 g/mol. The molecule has 37 heavy (non-hydrogen) atoms. The summed E-state index contributed by atoms with van der Waals surface area (Å²) in [6.07, 6.45) is 39.4. The summed E-state index contributed by atoms with van der Waals surface area (Å²) in [7, 11) is 0. The normalized spacial score (nSPS) is 18.0. The Bertz CT molecular complexity index is 554. The maximum Gasteiger partial charge on any atom is 0.321 e. The van der Waals surface area contributed by atoms with E-state index in [9.17, 15) is 9.59 Å². The Kier molecular flexibility index (Phi) is 22.7. The van der Waals surface area contributed by atoms with Gasteiger partial charge in [0.25, 0.3) is 0 Å². The zero-order valence-corrected chi connectivity index (χ0v) is 24.7. The third kappa shape index (κ3) is 18.5. The summed E-state index contributed by atoms with van der Waals surface area (Å²) in [6.45, 7) is 4.54. The molecule has 2 unspecified atom stereocenters. The Labute approximate surface area is 230 Å². The third-order valence-corrected chi connectivity index (χ3v) is 7.77. The van der Waals surface area contributed by atoms with Gasteiger partial charge >= 0.3 is 11.9 Å². The van der Waals surface area contributed by atoms with E-state index in [4.69, 9.17) is 4.74 Å². The van der Waals surface area contributed by atoms with Gasteiger partial charge in [-0.3, -0.25) is 9.59 Å². The molecule has 3 nitrogen and oxygen atoms in total. The number of hydrogen-bond acceptors (Lipinski definition) is 3. The maximum atomic E-state index is 12.2. The van der Waals surface area contributed by atoms with Gasteiger partial charge in [0.05, 0.1) is 11.8 Å². The van der Waals surface area contributed by atoms with Crippen molar-refractivity contribution >= 4 is 11.9 Å². The van der Waals surface area contributed by atoms with E-state index in [2.05, 4.69) is 26.0 Å². The van der Waals surface area contributed by atoms with Crippen LogP contribution in [-0.2, 0) is 14.3 Å². The molecule has 0 N–H and O–H groups in total. The van der Waals surface area contributed by atoms with E-state index >= 15 is 0 Å². The highest BCUT2D eigenvalue weighted by Gasteiger charge is 2.40. The Balaban J connectivity index is 2.08. The number of carbonyl (C=O) groups excluding carboxylic acids is 2. The smallest absolute Gasteiger partial charge is 0.321 e. The molecular formula is C34H60O3. The standard InChI is InChI=1S/C34H60O3/c1-3-5-7-9-11-13-15-17-19-21-23-25-27-29-31-32(34(36)37-33(31)35)30-28-26-24-22-20-18-16-14-12-10-8-6-4-2/h27-32H,3-26H2,1-2H3. The molecule has 0 aliphatic carbocycles. The Morgan fingerprint density at radius 1 is 0.459 bits per heavy atom. The minimum Gasteiger partial charge on any atom is -0.392 e. The van der Waals surface area contributed by atoms with Crippen LogP contribution in [0.5, 0.6) is 0 Å². The van der Waals surface area contributed by atoms with Crippen LogP contribution >= 0.6 is 0 Å². The molecule has 1 rings (SSSR count). The molecule has 1 heterocycles. The molecule has 1 aliphatic rings. The number of cyclic esters (lactones) is 2. The number of unbranched alkanes of at least 4 members (excludes halogenated alkanes) is 22. The highest BCUT2D eigenvalue weighted by molar-refractivity contribution is 5.98. The van der Waals surface area contributed by atoms with Gasteiger partial charge in [-0.15, -0.1) is 0 Å². The molecule has 3 heteroatoms. The van der Waals surface area contributed by atoms with Crippen molar-refractivity contribution in [3.05, 3.63) is 24.3 Å². The van der Waals surface area contributed by atoms with Gasteiger partial charge in [-0.05, 0) is 25.7 Å². The van der Waals surface area contributed by atoms with Crippen molar-refractivity contribution in [1.82, 2.24) is 0 Å². The van der Waals surface area contributed by atoms with E-state index in [-0.39, 0.29) is 11.9 Å². The lowest BCUT2D eigenvalue weighted by Crippen LogP contribution is -2.13. The number of rotatable bonds is 26. The summed E-state index contributed by atoms with van der Waals surface area (Å²) in [5, 5.41) is 0. The Hall–Kier alpha value is -1.38. The molecule has 214 valence electrons. The van der Waals surface area contributed by atoms with Crippen molar-refractivity contribution < 1.29 is 14.3 Å². The Morgan fingerprint density at radius 2 is 0.730 bits per heavy atom. The summed E-state index contributed by atoms with van der Waals surface area (Å²) in [4.78, 5) is 24.3. The fourth-order valence-corrected chi connectivity index (χ4v) is 5.26. The van der Waals surface area contributed by atoms with E-state index in [0.717, 1.165) is 25.7 Å². The quantitative estimate of drug-likeness (QED) is 0.0497. The average Bonchev–Trinajstić information content (AvgIpc) is 3.16. The second-order valence-corrected chi connectivity index (χ2v) is 11.3. The van der Waals surface area contributed by atoms with Crippen LogP contribution in [-0.4, -0.2) is 11.9 Å². The van der Waals surface area contributed by atoms with Crippen molar-refractivity contribution in [2.24, 2.45) is 11.8 Å². The van der Waals surface area contributed by atoms with Crippen molar-refractivity contribution in [2.45, 2.75) is 168 Å². The molecule has 1 aliphatic heterocycles. The highest BCUT2D eigenvalue weighted by atomic mass is 16.6. The summed E-state index contributed by atoms with van der Waals surface area (Å²) >= 11 is 0. The third-order valence-electron chi connectivity index (χ3n) is 7.77. The van der Waals surface area contributed by atoms with Crippen LogP contribution in [0.4, 0.5) is 0 Å². The van der Waals surface area contributed by atoms with Crippen molar-refractivity contribution in [2.75, 3.05) is 0 Å². The molecule has 1 fully saturated rings. The van der Waals surface area contributed by atoms with E-state index in [0.29, 0.717) is 0 Å². The lowest BCUT2D eigenvalue weighted by atomic mass is 9.93. The van der Waals surface area contributed by atoms with Gasteiger partial charge in [0, 0.05) is 0 Å². The zero-order valence-electron chi connectivity index (χ0n) is 24.7. The molecule has 2 atom stereocenters. The SMILES string of the molecule is CCCCCCCCCCCCCC=CC1C(=O)OC(=O)C1C=CCCCCCCCCCCCCC. The summed E-state index contributed by atoms with van der Waals surface area (Å²) in [6, 6.07) is 0. The first kappa shape index (κ1) is 33.6. The van der Waals surface area contributed by atoms with E-state index in [1.54, 1.807) is 0 Å². The largest absolute Gasteiger partial charge is 0.392 e. The lowest BCUT2D eigenvalue weighted by Gasteiger charge is -2.05. The first-order valence-electron chi connectivity index (χ1n) is 16.3. The number of allylic oxidation sites excluding steroid dienone is 2. The second kappa shape index (κ2) is 24.9. The van der Waals surface area contributed by atoms with E-state index in [1.807, 2.05) is 12.2 Å². The van der Waals surface area contributed by atoms with Gasteiger partial charge < -0.3 is 4.74 Å². The lowest BCUT2D eigenvalue weighted by molar-refractivity contribution is -0.153. The first-order valence-corrected chi connectivity index (χ1v) is 16.3. The maximum absolute atomic E-state index is 12.2. The van der Waals surface area contributed by atoms with Gasteiger partial charge in [0.2, 0.25) is 0 Å². The summed E-state index contributed by atoms with van der Waals surface area (Å²) in [5.74, 6) is -1.64. The molecule has 0 saturated carbocycles. The minimum atomic E-state index is -0.436. The van der Waals surface area contributed by atoms with Crippen molar-refractivity contribution in [1.29, 1.82) is 0 Å². The fraction of sp³-hybridized carbons (Fsp3) is 0.824. The zero-order chi connectivity index (χ0) is 26.8. The van der Waals surface area contributed by atoms with Gasteiger partial charge in [-0.2, -0.15) is 0 Å². The number of hydrogen-bond donors (Lipinski definition) is 0. The Morgan fingerprint density at radius 3 is 1.03 bits per heavy atom. The van der Waals surface area contributed by atoms with Crippen LogP contribution in [0.1, 0.15) is 168 Å². The highest BCUT2D eigenvalue weighted by Crippen LogP contribution is 2.27. The van der Waals surface area contributed by atoms with Gasteiger partial charge in [0.15, 0.2) is 0 Å². The molecule has 0 bridgehead atoms. The molecule has 1 saturated heterocycles. The van der Waals surface area contributed by atoms with Gasteiger partial charge in [0.1, 0.15) is 0 Å². The van der Waals surface area contributed by atoms with Crippen LogP contribution in [0, 0.1) is 11.8 Å². The number of carbonyl (C=O) groups is 2. The molecule has 0 aromatic rings. The van der Waals surface area contributed by atoms with Crippen LogP contribution in [0.15, 0.2) is 24.3 Å². The van der Waals surface area contributed by atoms with Gasteiger partial charge in [-0.1, -0.05) is 167 Å². The molecule has 0 aromatic heterocycles. The first-order chi connectivity index (χ1) is 18.2. The summed E-state index contributed by atoms with van der Waals surface area (Å²) in [5.41, 5.74) is 0. The van der Waals surface area contributed by atoms with Crippen LogP contribution < -0.4 is 0 Å². The number of ether oxygens (including phenoxy) is 1. The minimum absolute atomic E-state index is 0.385. The predicted molar refractivity (Wildman–Crippen MR) is 159 cm³/mol. The van der Waals surface area contributed by atoms with Crippen LogP contribution in [0.25, 0.3) is 0 Å². The van der Waals surface area contributed by atoms with Crippen molar-refractivity contribution in [3.8, 4) is 0 Å². The second-order valence-electron chi connectivity index (χ2n) is 11.3. The topological polar surface area (TPSA) is 43.4 Å². The van der Waals surface area contributed by atoms with E-state index < -0.39 is 11.8 Å². The molecule has 0 radical (unpaired) electrons. The summed E-state index contributed by atoms with van der Waals surface area (Å²) < 4.78 is 4.93. The average molecular weight is 517 g/mol. The van der Waals surface area contributed by atoms with E-state index in [1.165, 1.54) is 128 Å². The van der Waals surface area contributed by atoms with Crippen LogP contribution in [0.3, 0.4) is 0 Å². The van der Waals surface area contributed by atoms with Gasteiger partial charge in [-0.25, -0.2) is 0 Å². The number of esters is 2. The monoisotopic (exact) mass is 516 g/mol. The predicted octanol–water partition coefficient (Wildman–Crippen LogP) is 10.8. The molecule has 0 spiro atoms.